The quantitative estimate of drug-likeness (QED) is 0.678. The van der Waals surface area contributed by atoms with Crippen LogP contribution in [0.15, 0.2) is 11.5 Å². The molecule has 4 nitrogen and oxygen atoms in total. The molecule has 1 atom stereocenters. The van der Waals surface area contributed by atoms with E-state index in [1.165, 1.54) is 12.8 Å². The van der Waals surface area contributed by atoms with Gasteiger partial charge in [0.1, 0.15) is 6.33 Å². The van der Waals surface area contributed by atoms with Crippen LogP contribution in [0.25, 0.3) is 0 Å². The SMILES string of the molecule is CCCC(CSc1ncn[nH]1)NCC. The first-order valence-corrected chi connectivity index (χ1v) is 6.06. The molecule has 14 heavy (non-hydrogen) atoms. The predicted octanol–water partition coefficient (Wildman–Crippen LogP) is 1.68. The maximum absolute atomic E-state index is 4.08. The van der Waals surface area contributed by atoms with Gasteiger partial charge in [0.15, 0.2) is 5.16 Å². The molecule has 80 valence electrons. The average Bonchev–Trinajstić information content (AvgIpc) is 2.67. The van der Waals surface area contributed by atoms with Gasteiger partial charge in [-0.1, -0.05) is 32.0 Å². The summed E-state index contributed by atoms with van der Waals surface area (Å²) in [6, 6.07) is 0.583. The lowest BCUT2D eigenvalue weighted by atomic mass is 10.2. The van der Waals surface area contributed by atoms with E-state index >= 15 is 0 Å². The molecule has 1 aromatic heterocycles. The topological polar surface area (TPSA) is 53.6 Å². The molecule has 0 aromatic carbocycles. The van der Waals surface area contributed by atoms with Gasteiger partial charge in [0.2, 0.25) is 0 Å². The van der Waals surface area contributed by atoms with Gasteiger partial charge in [-0.15, -0.1) is 0 Å². The minimum atomic E-state index is 0.583. The molecule has 0 aliphatic rings. The molecular formula is C9H18N4S. The summed E-state index contributed by atoms with van der Waals surface area (Å²) in [6.07, 6.45) is 3.98. The van der Waals surface area contributed by atoms with Gasteiger partial charge < -0.3 is 5.32 Å². The molecule has 2 N–H and O–H groups in total. The molecule has 0 saturated heterocycles. The Morgan fingerprint density at radius 2 is 2.43 bits per heavy atom. The summed E-state index contributed by atoms with van der Waals surface area (Å²) in [4.78, 5) is 4.08. The molecule has 1 aromatic rings. The molecule has 0 bridgehead atoms. The number of aromatic nitrogens is 3. The van der Waals surface area contributed by atoms with Crippen molar-refractivity contribution in [2.45, 2.75) is 37.9 Å². The van der Waals surface area contributed by atoms with Gasteiger partial charge in [0, 0.05) is 11.8 Å². The zero-order valence-corrected chi connectivity index (χ0v) is 9.60. The minimum Gasteiger partial charge on any atom is -0.313 e. The molecule has 0 radical (unpaired) electrons. The predicted molar refractivity (Wildman–Crippen MR) is 59.5 cm³/mol. The highest BCUT2D eigenvalue weighted by Crippen LogP contribution is 2.14. The summed E-state index contributed by atoms with van der Waals surface area (Å²) in [7, 11) is 0. The van der Waals surface area contributed by atoms with Gasteiger partial charge in [0.05, 0.1) is 0 Å². The number of hydrogen-bond donors (Lipinski definition) is 2. The van der Waals surface area contributed by atoms with Crippen molar-refractivity contribution < 1.29 is 0 Å². The van der Waals surface area contributed by atoms with Crippen LogP contribution in [0, 0.1) is 0 Å². The number of thioether (sulfide) groups is 1. The molecule has 0 aliphatic heterocycles. The van der Waals surface area contributed by atoms with Crippen molar-refractivity contribution in [1.29, 1.82) is 0 Å². The molecular weight excluding hydrogens is 196 g/mol. The molecule has 0 fully saturated rings. The summed E-state index contributed by atoms with van der Waals surface area (Å²) in [6.45, 7) is 5.38. The Morgan fingerprint density at radius 3 is 3.00 bits per heavy atom. The van der Waals surface area contributed by atoms with E-state index in [0.29, 0.717) is 6.04 Å². The van der Waals surface area contributed by atoms with Crippen LogP contribution in [0.2, 0.25) is 0 Å². The van der Waals surface area contributed by atoms with Crippen molar-refractivity contribution in [1.82, 2.24) is 20.5 Å². The van der Waals surface area contributed by atoms with Gasteiger partial charge in [-0.05, 0) is 13.0 Å². The van der Waals surface area contributed by atoms with Crippen molar-refractivity contribution in [2.24, 2.45) is 0 Å². The van der Waals surface area contributed by atoms with E-state index < -0.39 is 0 Å². The Kier molecular flexibility index (Phi) is 5.63. The van der Waals surface area contributed by atoms with Crippen LogP contribution in [0.1, 0.15) is 26.7 Å². The van der Waals surface area contributed by atoms with E-state index in [9.17, 15) is 0 Å². The van der Waals surface area contributed by atoms with E-state index in [-0.39, 0.29) is 0 Å². The third kappa shape index (κ3) is 4.11. The van der Waals surface area contributed by atoms with E-state index in [1.807, 2.05) is 0 Å². The standard InChI is InChI=1S/C9H18N4S/c1-3-5-8(10-4-2)6-14-9-11-7-12-13-9/h7-8,10H,3-6H2,1-2H3,(H,11,12,13). The van der Waals surface area contributed by atoms with Crippen LogP contribution in [0.5, 0.6) is 0 Å². The van der Waals surface area contributed by atoms with Crippen molar-refractivity contribution >= 4 is 11.8 Å². The highest BCUT2D eigenvalue weighted by molar-refractivity contribution is 7.99. The summed E-state index contributed by atoms with van der Waals surface area (Å²) < 4.78 is 0. The van der Waals surface area contributed by atoms with Crippen molar-refractivity contribution in [2.75, 3.05) is 12.3 Å². The molecule has 0 spiro atoms. The largest absolute Gasteiger partial charge is 0.313 e. The Morgan fingerprint density at radius 1 is 1.57 bits per heavy atom. The van der Waals surface area contributed by atoms with Crippen LogP contribution in [0.4, 0.5) is 0 Å². The molecule has 0 amide bonds. The average molecular weight is 214 g/mol. The van der Waals surface area contributed by atoms with Crippen molar-refractivity contribution in [3.63, 3.8) is 0 Å². The van der Waals surface area contributed by atoms with E-state index in [2.05, 4.69) is 34.3 Å². The lowest BCUT2D eigenvalue weighted by Gasteiger charge is -2.15. The summed E-state index contributed by atoms with van der Waals surface area (Å²) >= 11 is 1.72. The molecule has 5 heteroatoms. The number of hydrogen-bond acceptors (Lipinski definition) is 4. The normalized spacial score (nSPS) is 13.0. The van der Waals surface area contributed by atoms with Crippen LogP contribution >= 0.6 is 11.8 Å². The molecule has 0 aliphatic carbocycles. The fourth-order valence-corrected chi connectivity index (χ4v) is 2.21. The third-order valence-electron chi connectivity index (χ3n) is 1.94. The molecule has 1 rings (SSSR count). The van der Waals surface area contributed by atoms with Crippen molar-refractivity contribution in [3.05, 3.63) is 6.33 Å². The van der Waals surface area contributed by atoms with E-state index in [4.69, 9.17) is 0 Å². The fraction of sp³-hybridized carbons (Fsp3) is 0.778. The number of nitrogens with one attached hydrogen (secondary N) is 2. The molecule has 1 unspecified atom stereocenters. The Labute approximate surface area is 89.3 Å². The van der Waals surface area contributed by atoms with Gasteiger partial charge in [0.25, 0.3) is 0 Å². The highest BCUT2D eigenvalue weighted by Gasteiger charge is 2.07. The molecule has 0 saturated carbocycles. The second-order valence-corrected chi connectivity index (χ2v) is 4.15. The van der Waals surface area contributed by atoms with Crippen LogP contribution in [-0.4, -0.2) is 33.5 Å². The Balaban J connectivity index is 2.25. The van der Waals surface area contributed by atoms with Gasteiger partial charge in [-0.25, -0.2) is 4.98 Å². The van der Waals surface area contributed by atoms with Crippen molar-refractivity contribution in [3.8, 4) is 0 Å². The van der Waals surface area contributed by atoms with Gasteiger partial charge >= 0.3 is 0 Å². The molecule has 1 heterocycles. The first-order chi connectivity index (χ1) is 6.86. The maximum atomic E-state index is 4.08. The second kappa shape index (κ2) is 6.84. The first-order valence-electron chi connectivity index (χ1n) is 5.08. The monoisotopic (exact) mass is 214 g/mol. The second-order valence-electron chi connectivity index (χ2n) is 3.14. The number of aromatic amines is 1. The maximum Gasteiger partial charge on any atom is 0.183 e. The smallest absolute Gasteiger partial charge is 0.183 e. The number of rotatable bonds is 7. The van der Waals surface area contributed by atoms with Gasteiger partial charge in [-0.3, -0.25) is 5.10 Å². The fourth-order valence-electron chi connectivity index (χ4n) is 1.32. The number of nitrogens with zero attached hydrogens (tertiary/aromatic N) is 2. The van der Waals surface area contributed by atoms with E-state index in [0.717, 1.165) is 17.5 Å². The summed E-state index contributed by atoms with van der Waals surface area (Å²) in [5.41, 5.74) is 0. The lowest BCUT2D eigenvalue weighted by molar-refractivity contribution is 0.531. The minimum absolute atomic E-state index is 0.583. The summed E-state index contributed by atoms with van der Waals surface area (Å²) in [5, 5.41) is 11.0. The van der Waals surface area contributed by atoms with E-state index in [1.54, 1.807) is 18.1 Å². The lowest BCUT2D eigenvalue weighted by Crippen LogP contribution is -2.30. The number of H-pyrrole nitrogens is 1. The van der Waals surface area contributed by atoms with Crippen LogP contribution in [-0.2, 0) is 0 Å². The Hall–Kier alpha value is -0.550. The van der Waals surface area contributed by atoms with Crippen LogP contribution in [0.3, 0.4) is 0 Å². The zero-order chi connectivity index (χ0) is 10.2. The van der Waals surface area contributed by atoms with Gasteiger partial charge in [-0.2, -0.15) is 5.10 Å². The Bertz CT molecular complexity index is 219. The first kappa shape index (κ1) is 11.5. The van der Waals surface area contributed by atoms with Crippen LogP contribution < -0.4 is 5.32 Å². The summed E-state index contributed by atoms with van der Waals surface area (Å²) in [5.74, 6) is 1.05. The highest BCUT2D eigenvalue weighted by atomic mass is 32.2. The zero-order valence-electron chi connectivity index (χ0n) is 8.79. The third-order valence-corrected chi connectivity index (χ3v) is 2.98.